The van der Waals surface area contributed by atoms with E-state index < -0.39 is 0 Å². The average molecular weight is 419 g/mol. The van der Waals surface area contributed by atoms with Crippen molar-refractivity contribution in [2.75, 3.05) is 33.9 Å². The number of carbonyl (C=O) groups is 1. The highest BCUT2D eigenvalue weighted by Crippen LogP contribution is 2.32. The lowest BCUT2D eigenvalue weighted by Crippen LogP contribution is -2.41. The first-order chi connectivity index (χ1) is 10.6. The maximum absolute atomic E-state index is 12.7. The molecule has 1 fully saturated rings. The molecule has 1 heterocycles. The van der Waals surface area contributed by atoms with E-state index in [9.17, 15) is 4.79 Å². The second-order valence-electron chi connectivity index (χ2n) is 5.13. The molecule has 0 atom stereocenters. The summed E-state index contributed by atoms with van der Waals surface area (Å²) in [6, 6.07) is 3.59. The highest BCUT2D eigenvalue weighted by Gasteiger charge is 2.26. The number of rotatable bonds is 5. The molecule has 0 N–H and O–H groups in total. The molecule has 0 unspecified atom stereocenters. The van der Waals surface area contributed by atoms with E-state index in [2.05, 4.69) is 22.6 Å². The molecular formula is C16H22INO4. The molecule has 0 bridgehead atoms. The first kappa shape index (κ1) is 17.3. The van der Waals surface area contributed by atoms with Crippen molar-refractivity contribution in [2.24, 2.45) is 0 Å². The number of piperidine rings is 1. The molecule has 2 rings (SSSR count). The third-order valence-electron chi connectivity index (χ3n) is 3.84. The molecule has 22 heavy (non-hydrogen) atoms. The van der Waals surface area contributed by atoms with E-state index in [1.807, 2.05) is 17.9 Å². The van der Waals surface area contributed by atoms with Gasteiger partial charge in [0, 0.05) is 23.3 Å². The van der Waals surface area contributed by atoms with Crippen molar-refractivity contribution in [1.29, 1.82) is 0 Å². The van der Waals surface area contributed by atoms with Crippen LogP contribution in [0, 0.1) is 3.57 Å². The van der Waals surface area contributed by atoms with Crippen LogP contribution < -0.4 is 9.47 Å². The number of likely N-dealkylation sites (tertiary alicyclic amines) is 1. The molecule has 5 nitrogen and oxygen atoms in total. The van der Waals surface area contributed by atoms with Gasteiger partial charge in [-0.3, -0.25) is 4.79 Å². The number of halogens is 1. The molecule has 1 aliphatic rings. The summed E-state index contributed by atoms with van der Waals surface area (Å²) >= 11 is 2.16. The van der Waals surface area contributed by atoms with Crippen LogP contribution in [0.5, 0.6) is 11.5 Å². The Balaban J connectivity index is 2.13. The zero-order valence-corrected chi connectivity index (χ0v) is 15.4. The fourth-order valence-corrected chi connectivity index (χ4v) is 3.32. The minimum atomic E-state index is 0.0419. The van der Waals surface area contributed by atoms with Crippen LogP contribution in [0.2, 0.25) is 0 Å². The summed E-state index contributed by atoms with van der Waals surface area (Å²) < 4.78 is 17.1. The second kappa shape index (κ2) is 8.01. The number of carbonyl (C=O) groups excluding carboxylic acids is 1. The topological polar surface area (TPSA) is 48.0 Å². The fourth-order valence-electron chi connectivity index (χ4n) is 2.65. The predicted molar refractivity (Wildman–Crippen MR) is 92.8 cm³/mol. The van der Waals surface area contributed by atoms with E-state index in [-0.39, 0.29) is 12.0 Å². The first-order valence-electron chi connectivity index (χ1n) is 7.43. The number of amides is 1. The zero-order valence-electron chi connectivity index (χ0n) is 13.2. The van der Waals surface area contributed by atoms with Crippen LogP contribution in [0.15, 0.2) is 12.1 Å². The van der Waals surface area contributed by atoms with Crippen LogP contribution >= 0.6 is 22.6 Å². The van der Waals surface area contributed by atoms with E-state index in [4.69, 9.17) is 14.2 Å². The minimum Gasteiger partial charge on any atom is -0.493 e. The van der Waals surface area contributed by atoms with Gasteiger partial charge in [-0.1, -0.05) is 0 Å². The van der Waals surface area contributed by atoms with Crippen LogP contribution in [0.3, 0.4) is 0 Å². The van der Waals surface area contributed by atoms with Gasteiger partial charge >= 0.3 is 0 Å². The van der Waals surface area contributed by atoms with Crippen molar-refractivity contribution in [3.8, 4) is 11.5 Å². The largest absolute Gasteiger partial charge is 0.493 e. The number of ether oxygens (including phenoxy) is 3. The van der Waals surface area contributed by atoms with Crippen LogP contribution in [0.1, 0.15) is 30.1 Å². The average Bonchev–Trinajstić information content (AvgIpc) is 2.55. The molecule has 122 valence electrons. The Morgan fingerprint density at radius 1 is 1.23 bits per heavy atom. The molecule has 1 aromatic carbocycles. The lowest BCUT2D eigenvalue weighted by Gasteiger charge is -2.32. The smallest absolute Gasteiger partial charge is 0.255 e. The van der Waals surface area contributed by atoms with E-state index >= 15 is 0 Å². The highest BCUT2D eigenvalue weighted by molar-refractivity contribution is 14.1. The summed E-state index contributed by atoms with van der Waals surface area (Å²) in [5.74, 6) is 1.26. The monoisotopic (exact) mass is 419 g/mol. The highest BCUT2D eigenvalue weighted by atomic mass is 127. The molecule has 1 aliphatic heterocycles. The Morgan fingerprint density at radius 3 is 2.36 bits per heavy atom. The molecule has 0 aromatic heterocycles. The molecule has 0 radical (unpaired) electrons. The molecule has 0 saturated carbocycles. The second-order valence-corrected chi connectivity index (χ2v) is 6.30. The van der Waals surface area contributed by atoms with Gasteiger partial charge in [-0.25, -0.2) is 0 Å². The first-order valence-corrected chi connectivity index (χ1v) is 8.51. The van der Waals surface area contributed by atoms with Gasteiger partial charge in [0.25, 0.3) is 5.91 Å². The van der Waals surface area contributed by atoms with Gasteiger partial charge < -0.3 is 19.1 Å². The maximum atomic E-state index is 12.7. The van der Waals surface area contributed by atoms with Crippen molar-refractivity contribution < 1.29 is 19.0 Å². The van der Waals surface area contributed by atoms with Crippen LogP contribution in [0.25, 0.3) is 0 Å². The molecule has 1 saturated heterocycles. The third-order valence-corrected chi connectivity index (χ3v) is 4.73. The Labute approximate surface area is 145 Å². The normalized spacial score (nSPS) is 15.7. The number of nitrogens with zero attached hydrogens (tertiary/aromatic N) is 1. The predicted octanol–water partition coefficient (Wildman–Crippen LogP) is 2.95. The molecular weight excluding hydrogens is 397 g/mol. The lowest BCUT2D eigenvalue weighted by atomic mass is 10.1. The molecule has 1 amide bonds. The zero-order chi connectivity index (χ0) is 16.1. The number of hydrogen-bond donors (Lipinski definition) is 0. The third kappa shape index (κ3) is 3.84. The molecule has 0 aliphatic carbocycles. The summed E-state index contributed by atoms with van der Waals surface area (Å²) in [5, 5.41) is 0. The van der Waals surface area contributed by atoms with Crippen LogP contribution in [-0.2, 0) is 4.74 Å². The molecule has 0 spiro atoms. The van der Waals surface area contributed by atoms with Crippen LogP contribution in [-0.4, -0.2) is 50.8 Å². The van der Waals surface area contributed by atoms with E-state index in [1.54, 1.807) is 20.3 Å². The van der Waals surface area contributed by atoms with Gasteiger partial charge in [-0.05, 0) is 54.5 Å². The van der Waals surface area contributed by atoms with E-state index in [0.717, 1.165) is 36.1 Å². The van der Waals surface area contributed by atoms with Gasteiger partial charge in [0.1, 0.15) is 0 Å². The van der Waals surface area contributed by atoms with Gasteiger partial charge in [0.15, 0.2) is 11.5 Å². The van der Waals surface area contributed by atoms with Crippen LogP contribution in [0.4, 0.5) is 0 Å². The Kier molecular flexibility index (Phi) is 6.31. The van der Waals surface area contributed by atoms with Gasteiger partial charge in [-0.2, -0.15) is 0 Å². The Hall–Kier alpha value is -1.02. The van der Waals surface area contributed by atoms with Crippen molar-refractivity contribution in [1.82, 2.24) is 4.90 Å². The SMILES string of the molecule is CCOC1CCN(C(=O)c2cc(OC)c(OC)cc2I)CC1. The summed E-state index contributed by atoms with van der Waals surface area (Å²) in [6.45, 7) is 4.19. The van der Waals surface area contributed by atoms with Gasteiger partial charge in [0.2, 0.25) is 0 Å². The van der Waals surface area contributed by atoms with E-state index in [1.165, 1.54) is 0 Å². The Bertz CT molecular complexity index is 527. The summed E-state index contributed by atoms with van der Waals surface area (Å²) in [5.41, 5.74) is 0.660. The summed E-state index contributed by atoms with van der Waals surface area (Å²) in [7, 11) is 3.17. The maximum Gasteiger partial charge on any atom is 0.255 e. The van der Waals surface area contributed by atoms with Crippen molar-refractivity contribution in [3.05, 3.63) is 21.3 Å². The standard InChI is InChI=1S/C16H22INO4/c1-4-22-11-5-7-18(8-6-11)16(19)12-9-14(20-2)15(21-3)10-13(12)17/h9-11H,4-8H2,1-3H3. The molecule has 1 aromatic rings. The lowest BCUT2D eigenvalue weighted by molar-refractivity contribution is 0.0145. The minimum absolute atomic E-state index is 0.0419. The Morgan fingerprint density at radius 2 is 1.82 bits per heavy atom. The summed E-state index contributed by atoms with van der Waals surface area (Å²) in [6.07, 6.45) is 2.06. The van der Waals surface area contributed by atoms with Crippen molar-refractivity contribution in [2.45, 2.75) is 25.9 Å². The fraction of sp³-hybridized carbons (Fsp3) is 0.562. The molecule has 6 heteroatoms. The number of benzene rings is 1. The number of hydrogen-bond acceptors (Lipinski definition) is 4. The van der Waals surface area contributed by atoms with Crippen molar-refractivity contribution >= 4 is 28.5 Å². The quantitative estimate of drug-likeness (QED) is 0.689. The van der Waals surface area contributed by atoms with Gasteiger partial charge in [0.05, 0.1) is 25.9 Å². The van der Waals surface area contributed by atoms with Gasteiger partial charge in [-0.15, -0.1) is 0 Å². The summed E-state index contributed by atoms with van der Waals surface area (Å²) in [4.78, 5) is 14.6. The van der Waals surface area contributed by atoms with Crippen molar-refractivity contribution in [3.63, 3.8) is 0 Å². The van der Waals surface area contributed by atoms with E-state index in [0.29, 0.717) is 17.1 Å². The number of methoxy groups -OCH3 is 2.